The second-order valence-electron chi connectivity index (χ2n) is 8.98. The van der Waals surface area contributed by atoms with E-state index in [-0.39, 0.29) is 23.9 Å². The summed E-state index contributed by atoms with van der Waals surface area (Å²) in [6, 6.07) is 28.6. The lowest BCUT2D eigenvalue weighted by Gasteiger charge is -2.43. The van der Waals surface area contributed by atoms with E-state index in [1.165, 1.54) is 0 Å². The molecule has 186 valence electrons. The topological polar surface area (TPSA) is 40.6 Å². The summed E-state index contributed by atoms with van der Waals surface area (Å²) in [5, 5.41) is 1.28. The van der Waals surface area contributed by atoms with E-state index in [1.807, 2.05) is 66.4 Å². The van der Waals surface area contributed by atoms with Crippen LogP contribution in [0.15, 0.2) is 97.1 Å². The zero-order valence-electron chi connectivity index (χ0n) is 19.9. The average Bonchev–Trinajstić information content (AvgIpc) is 2.91. The molecule has 0 fully saturated rings. The fraction of sp³-hybridized carbons (Fsp3) is 0.133. The van der Waals surface area contributed by atoms with Crippen LogP contribution in [0.4, 0.5) is 11.4 Å². The van der Waals surface area contributed by atoms with Crippen LogP contribution in [-0.2, 0) is 0 Å². The molecule has 0 unspecified atom stereocenters. The number of anilines is 2. The average molecular weight is 550 g/mol. The van der Waals surface area contributed by atoms with E-state index in [9.17, 15) is 9.59 Å². The Balaban J connectivity index is 1.60. The van der Waals surface area contributed by atoms with Gasteiger partial charge < -0.3 is 9.80 Å². The molecule has 1 aliphatic rings. The van der Waals surface area contributed by atoms with Gasteiger partial charge in [-0.15, -0.1) is 0 Å². The minimum absolute atomic E-state index is 0.114. The van der Waals surface area contributed by atoms with Gasteiger partial charge in [0.1, 0.15) is 0 Å². The van der Waals surface area contributed by atoms with Crippen LogP contribution in [0.25, 0.3) is 0 Å². The summed E-state index contributed by atoms with van der Waals surface area (Å²) < 4.78 is 0. The molecular formula is C30H23Cl3N2O2. The Morgan fingerprint density at radius 1 is 0.784 bits per heavy atom. The van der Waals surface area contributed by atoms with Crippen LogP contribution >= 0.6 is 34.8 Å². The highest BCUT2D eigenvalue weighted by molar-refractivity contribution is 6.42. The maximum absolute atomic E-state index is 14.0. The third-order valence-electron chi connectivity index (χ3n) is 6.60. The first-order valence-corrected chi connectivity index (χ1v) is 13.0. The third kappa shape index (κ3) is 4.97. The summed E-state index contributed by atoms with van der Waals surface area (Å²) in [5.41, 5.74) is 3.40. The molecule has 4 nitrogen and oxygen atoms in total. The summed E-state index contributed by atoms with van der Waals surface area (Å²) >= 11 is 18.4. The van der Waals surface area contributed by atoms with Gasteiger partial charge in [0, 0.05) is 33.6 Å². The lowest BCUT2D eigenvalue weighted by molar-refractivity contribution is 0.0965. The van der Waals surface area contributed by atoms with Gasteiger partial charge in [-0.3, -0.25) is 9.59 Å². The monoisotopic (exact) mass is 548 g/mol. The molecule has 7 heteroatoms. The smallest absolute Gasteiger partial charge is 0.258 e. The van der Waals surface area contributed by atoms with Crippen molar-refractivity contribution in [2.24, 2.45) is 0 Å². The molecule has 5 rings (SSSR count). The molecular weight excluding hydrogens is 527 g/mol. The van der Waals surface area contributed by atoms with Crippen molar-refractivity contribution in [2.45, 2.75) is 25.4 Å². The first-order valence-electron chi connectivity index (χ1n) is 11.9. The Morgan fingerprint density at radius 2 is 1.43 bits per heavy atom. The van der Waals surface area contributed by atoms with Gasteiger partial charge in [0.15, 0.2) is 0 Å². The van der Waals surface area contributed by atoms with Crippen LogP contribution in [0.5, 0.6) is 0 Å². The number of carbonyl (C=O) groups excluding carboxylic acids is 2. The van der Waals surface area contributed by atoms with Crippen molar-refractivity contribution < 1.29 is 9.59 Å². The third-order valence-corrected chi connectivity index (χ3v) is 7.59. The number of hydrogen-bond acceptors (Lipinski definition) is 2. The minimum atomic E-state index is -0.315. The number of rotatable bonds is 4. The summed E-state index contributed by atoms with van der Waals surface area (Å²) in [6.07, 6.45) is 0.540. The maximum atomic E-state index is 14.0. The number of nitrogens with zero attached hydrogens (tertiary/aromatic N) is 2. The Morgan fingerprint density at radius 3 is 2.14 bits per heavy atom. The highest BCUT2D eigenvalue weighted by Gasteiger charge is 2.39. The number of amides is 2. The molecule has 0 aliphatic carbocycles. The summed E-state index contributed by atoms with van der Waals surface area (Å²) in [5.74, 6) is -0.314. The van der Waals surface area contributed by atoms with Gasteiger partial charge >= 0.3 is 0 Å². The number of fused-ring (bicyclic) bond motifs is 1. The Bertz CT molecular complexity index is 1460. The molecule has 2 amide bonds. The molecule has 0 N–H and O–H groups in total. The van der Waals surface area contributed by atoms with E-state index in [0.29, 0.717) is 32.6 Å². The molecule has 0 spiro atoms. The molecule has 4 aromatic carbocycles. The fourth-order valence-electron chi connectivity index (χ4n) is 4.86. The van der Waals surface area contributed by atoms with Crippen LogP contribution in [0.2, 0.25) is 15.1 Å². The lowest BCUT2D eigenvalue weighted by atomic mass is 9.89. The zero-order chi connectivity index (χ0) is 26.1. The number of benzene rings is 4. The summed E-state index contributed by atoms with van der Waals surface area (Å²) in [4.78, 5) is 31.3. The molecule has 1 aliphatic heterocycles. The van der Waals surface area contributed by atoms with Crippen molar-refractivity contribution in [1.29, 1.82) is 0 Å². The van der Waals surface area contributed by atoms with Crippen molar-refractivity contribution in [3.8, 4) is 0 Å². The van der Waals surface area contributed by atoms with Crippen molar-refractivity contribution in [1.82, 2.24) is 0 Å². The lowest BCUT2D eigenvalue weighted by Crippen LogP contribution is -2.47. The standard InChI is InChI=1S/C30H23Cl3N2O2/c1-19-17-28(24-9-5-6-10-27(24)34(19)29(36)20-11-14-22(31)15-12-20)35(23-7-3-2-4-8-23)30(37)21-13-16-25(32)26(33)18-21/h2-16,18-19,28H,17H2,1H3/t19-,28+/m0/s1. The first-order chi connectivity index (χ1) is 17.8. The van der Waals surface area contributed by atoms with E-state index >= 15 is 0 Å². The molecule has 0 saturated carbocycles. The Hall–Kier alpha value is -3.31. The molecule has 4 aromatic rings. The van der Waals surface area contributed by atoms with Gasteiger partial charge in [-0.25, -0.2) is 0 Å². The van der Waals surface area contributed by atoms with Gasteiger partial charge in [0.25, 0.3) is 11.8 Å². The first kappa shape index (κ1) is 25.3. The number of carbonyl (C=O) groups is 2. The van der Waals surface area contributed by atoms with Crippen LogP contribution in [-0.4, -0.2) is 17.9 Å². The predicted octanol–water partition coefficient (Wildman–Crippen LogP) is 8.47. The molecule has 0 saturated heterocycles. The van der Waals surface area contributed by atoms with E-state index in [2.05, 4.69) is 0 Å². The SMILES string of the molecule is C[C@H]1C[C@@H](N(C(=O)c2ccc(Cl)c(Cl)c2)c2ccccc2)c2ccccc2N1C(=O)c1ccc(Cl)cc1. The van der Waals surface area contributed by atoms with Gasteiger partial charge in [-0.1, -0.05) is 71.2 Å². The molecule has 0 bridgehead atoms. The molecule has 2 atom stereocenters. The van der Waals surface area contributed by atoms with Crippen molar-refractivity contribution in [3.05, 3.63) is 129 Å². The van der Waals surface area contributed by atoms with Crippen molar-refractivity contribution in [3.63, 3.8) is 0 Å². The molecule has 0 aromatic heterocycles. The zero-order valence-corrected chi connectivity index (χ0v) is 22.2. The van der Waals surface area contributed by atoms with Crippen LogP contribution in [0.1, 0.15) is 45.7 Å². The predicted molar refractivity (Wildman–Crippen MR) is 151 cm³/mol. The van der Waals surface area contributed by atoms with Crippen molar-refractivity contribution in [2.75, 3.05) is 9.80 Å². The quantitative estimate of drug-likeness (QED) is 0.256. The van der Waals surface area contributed by atoms with Gasteiger partial charge in [-0.05, 0) is 79.6 Å². The molecule has 0 radical (unpaired) electrons. The van der Waals surface area contributed by atoms with E-state index in [1.54, 1.807) is 47.4 Å². The van der Waals surface area contributed by atoms with Crippen LogP contribution in [0.3, 0.4) is 0 Å². The van der Waals surface area contributed by atoms with Crippen LogP contribution < -0.4 is 9.80 Å². The largest absolute Gasteiger partial charge is 0.305 e. The summed E-state index contributed by atoms with van der Waals surface area (Å²) in [6.45, 7) is 2.00. The number of hydrogen-bond donors (Lipinski definition) is 0. The number of para-hydroxylation sites is 2. The highest BCUT2D eigenvalue weighted by Crippen LogP contribution is 2.43. The van der Waals surface area contributed by atoms with Crippen LogP contribution in [0, 0.1) is 0 Å². The van der Waals surface area contributed by atoms with E-state index < -0.39 is 0 Å². The van der Waals surface area contributed by atoms with Crippen molar-refractivity contribution >= 4 is 58.0 Å². The second kappa shape index (κ2) is 10.6. The number of halogens is 3. The van der Waals surface area contributed by atoms with Gasteiger partial charge in [0.2, 0.25) is 0 Å². The maximum Gasteiger partial charge on any atom is 0.258 e. The minimum Gasteiger partial charge on any atom is -0.305 e. The molecule has 1 heterocycles. The highest BCUT2D eigenvalue weighted by atomic mass is 35.5. The fourth-order valence-corrected chi connectivity index (χ4v) is 5.29. The Kier molecular flexibility index (Phi) is 7.25. The summed E-state index contributed by atoms with van der Waals surface area (Å²) in [7, 11) is 0. The normalized spacial score (nSPS) is 16.7. The van der Waals surface area contributed by atoms with E-state index in [4.69, 9.17) is 34.8 Å². The second-order valence-corrected chi connectivity index (χ2v) is 10.2. The van der Waals surface area contributed by atoms with Gasteiger partial charge in [-0.2, -0.15) is 0 Å². The van der Waals surface area contributed by atoms with E-state index in [0.717, 1.165) is 16.9 Å². The molecule has 37 heavy (non-hydrogen) atoms. The van der Waals surface area contributed by atoms with Gasteiger partial charge in [0.05, 0.1) is 16.1 Å². The Labute approximate surface area is 231 Å².